The van der Waals surface area contributed by atoms with Crippen LogP contribution < -0.4 is 4.90 Å². The molecule has 2 rings (SSSR count). The molecule has 0 saturated carbocycles. The molecule has 1 aromatic carbocycles. The molecule has 1 unspecified atom stereocenters. The van der Waals surface area contributed by atoms with Crippen LogP contribution in [0.25, 0.3) is 0 Å². The Kier molecular flexibility index (Phi) is 2.84. The van der Waals surface area contributed by atoms with Crippen LogP contribution in [0.15, 0.2) is 12.1 Å². The standard InChI is InChI=1S/C10H8F3NOS/c11-6-1-2-7(10(13)9(6)12)14-4-5(16)3-8(14)15/h1-2,5,16H,3-4H2. The largest absolute Gasteiger partial charge is 0.308 e. The van der Waals surface area contributed by atoms with Crippen LogP contribution in [-0.2, 0) is 4.79 Å². The van der Waals surface area contributed by atoms with Crippen molar-refractivity contribution in [2.45, 2.75) is 11.7 Å². The molecule has 1 heterocycles. The van der Waals surface area contributed by atoms with Crippen molar-refractivity contribution >= 4 is 24.2 Å². The first kappa shape index (κ1) is 11.3. The van der Waals surface area contributed by atoms with E-state index in [0.717, 1.165) is 17.0 Å². The third-order valence-electron chi connectivity index (χ3n) is 2.41. The maximum Gasteiger partial charge on any atom is 0.228 e. The quantitative estimate of drug-likeness (QED) is 0.595. The number of carbonyl (C=O) groups is 1. The van der Waals surface area contributed by atoms with Crippen molar-refractivity contribution < 1.29 is 18.0 Å². The summed E-state index contributed by atoms with van der Waals surface area (Å²) in [5.74, 6) is -4.51. The monoisotopic (exact) mass is 247 g/mol. The summed E-state index contributed by atoms with van der Waals surface area (Å²) in [6.07, 6.45) is 0.168. The highest BCUT2D eigenvalue weighted by atomic mass is 32.1. The number of anilines is 1. The smallest absolute Gasteiger partial charge is 0.228 e. The Balaban J connectivity index is 2.42. The molecule has 86 valence electrons. The van der Waals surface area contributed by atoms with Gasteiger partial charge in [-0.3, -0.25) is 4.79 Å². The van der Waals surface area contributed by atoms with Crippen molar-refractivity contribution in [3.8, 4) is 0 Å². The zero-order valence-electron chi connectivity index (χ0n) is 8.08. The van der Waals surface area contributed by atoms with E-state index in [2.05, 4.69) is 12.6 Å². The van der Waals surface area contributed by atoms with Crippen molar-refractivity contribution in [2.24, 2.45) is 0 Å². The van der Waals surface area contributed by atoms with E-state index in [0.29, 0.717) is 0 Å². The third kappa shape index (κ3) is 1.77. The average molecular weight is 247 g/mol. The second-order valence-electron chi connectivity index (χ2n) is 3.56. The zero-order chi connectivity index (χ0) is 11.9. The number of thiol groups is 1. The second kappa shape index (κ2) is 4.01. The molecule has 0 aliphatic carbocycles. The molecule has 1 aliphatic rings. The average Bonchev–Trinajstić information content (AvgIpc) is 2.55. The Bertz CT molecular complexity index is 452. The van der Waals surface area contributed by atoms with Crippen molar-refractivity contribution in [2.75, 3.05) is 11.4 Å². The van der Waals surface area contributed by atoms with Crippen LogP contribution in [0.5, 0.6) is 0 Å². The molecule has 1 amide bonds. The number of hydrogen-bond acceptors (Lipinski definition) is 2. The number of carbonyl (C=O) groups excluding carboxylic acids is 1. The van der Waals surface area contributed by atoms with Gasteiger partial charge in [-0.05, 0) is 12.1 Å². The van der Waals surface area contributed by atoms with Crippen molar-refractivity contribution in [1.82, 2.24) is 0 Å². The third-order valence-corrected chi connectivity index (χ3v) is 2.76. The van der Waals surface area contributed by atoms with E-state index in [1.54, 1.807) is 0 Å². The molecule has 0 bridgehead atoms. The van der Waals surface area contributed by atoms with Crippen LogP contribution in [0.3, 0.4) is 0 Å². The number of amides is 1. The molecular weight excluding hydrogens is 239 g/mol. The van der Waals surface area contributed by atoms with E-state index in [4.69, 9.17) is 0 Å². The molecule has 0 N–H and O–H groups in total. The predicted octanol–water partition coefficient (Wildman–Crippen LogP) is 2.14. The molecular formula is C10H8F3NOS. The molecule has 1 atom stereocenters. The summed E-state index contributed by atoms with van der Waals surface area (Å²) in [7, 11) is 0. The molecule has 0 radical (unpaired) electrons. The number of nitrogens with zero attached hydrogens (tertiary/aromatic N) is 1. The molecule has 1 saturated heterocycles. The minimum Gasteiger partial charge on any atom is -0.308 e. The summed E-state index contributed by atoms with van der Waals surface area (Å²) >= 11 is 4.09. The minimum atomic E-state index is -1.56. The zero-order valence-corrected chi connectivity index (χ0v) is 8.98. The van der Waals surface area contributed by atoms with Crippen molar-refractivity contribution in [3.63, 3.8) is 0 Å². The molecule has 2 nitrogen and oxygen atoms in total. The number of benzene rings is 1. The second-order valence-corrected chi connectivity index (χ2v) is 4.29. The summed E-state index contributed by atoms with van der Waals surface area (Å²) in [4.78, 5) is 12.5. The number of hydrogen-bond donors (Lipinski definition) is 1. The van der Waals surface area contributed by atoms with Crippen LogP contribution >= 0.6 is 12.6 Å². The first-order chi connectivity index (χ1) is 7.50. The topological polar surface area (TPSA) is 20.3 Å². The first-order valence-corrected chi connectivity index (χ1v) is 5.14. The first-order valence-electron chi connectivity index (χ1n) is 4.62. The molecule has 0 spiro atoms. The normalized spacial score (nSPS) is 20.6. The summed E-state index contributed by atoms with van der Waals surface area (Å²) in [6, 6.07) is 1.85. The van der Waals surface area contributed by atoms with Crippen molar-refractivity contribution in [1.29, 1.82) is 0 Å². The van der Waals surface area contributed by atoms with Gasteiger partial charge in [-0.1, -0.05) is 0 Å². The van der Waals surface area contributed by atoms with Crippen LogP contribution in [0.2, 0.25) is 0 Å². The summed E-state index contributed by atoms with van der Waals surface area (Å²) in [5.41, 5.74) is -0.236. The van der Waals surface area contributed by atoms with Gasteiger partial charge in [-0.2, -0.15) is 12.6 Å². The lowest BCUT2D eigenvalue weighted by atomic mass is 10.2. The highest BCUT2D eigenvalue weighted by molar-refractivity contribution is 7.81. The highest BCUT2D eigenvalue weighted by Crippen LogP contribution is 2.28. The lowest BCUT2D eigenvalue weighted by molar-refractivity contribution is -0.117. The van der Waals surface area contributed by atoms with Gasteiger partial charge in [0.05, 0.1) is 5.69 Å². The van der Waals surface area contributed by atoms with Crippen molar-refractivity contribution in [3.05, 3.63) is 29.6 Å². The van der Waals surface area contributed by atoms with E-state index in [1.807, 2.05) is 0 Å². The predicted molar refractivity (Wildman–Crippen MR) is 56.1 cm³/mol. The number of rotatable bonds is 1. The molecule has 1 aliphatic heterocycles. The Hall–Kier alpha value is -1.17. The van der Waals surface area contributed by atoms with Gasteiger partial charge < -0.3 is 4.90 Å². The molecule has 16 heavy (non-hydrogen) atoms. The van der Waals surface area contributed by atoms with Gasteiger partial charge in [0.2, 0.25) is 5.91 Å². The van der Waals surface area contributed by atoms with Gasteiger partial charge >= 0.3 is 0 Å². The Labute approximate surface area is 95.5 Å². The van der Waals surface area contributed by atoms with E-state index >= 15 is 0 Å². The fourth-order valence-electron chi connectivity index (χ4n) is 1.65. The lowest BCUT2D eigenvalue weighted by Crippen LogP contribution is -2.26. The van der Waals surface area contributed by atoms with Gasteiger partial charge in [0.25, 0.3) is 0 Å². The molecule has 6 heteroatoms. The maximum atomic E-state index is 13.4. The van der Waals surface area contributed by atoms with Gasteiger partial charge in [-0.25, -0.2) is 13.2 Å². The Morgan fingerprint density at radius 2 is 1.94 bits per heavy atom. The summed E-state index contributed by atoms with van der Waals surface area (Å²) in [6.45, 7) is 0.198. The molecule has 0 aromatic heterocycles. The molecule has 1 fully saturated rings. The summed E-state index contributed by atoms with van der Waals surface area (Å²) in [5, 5.41) is -0.208. The minimum absolute atomic E-state index is 0.168. The summed E-state index contributed by atoms with van der Waals surface area (Å²) < 4.78 is 39.0. The van der Waals surface area contributed by atoms with Gasteiger partial charge in [0.15, 0.2) is 17.5 Å². The highest BCUT2D eigenvalue weighted by Gasteiger charge is 2.31. The van der Waals surface area contributed by atoms with Crippen LogP contribution in [0, 0.1) is 17.5 Å². The Morgan fingerprint density at radius 1 is 1.25 bits per heavy atom. The molecule has 1 aromatic rings. The Morgan fingerprint density at radius 3 is 2.50 bits per heavy atom. The lowest BCUT2D eigenvalue weighted by Gasteiger charge is -2.16. The number of halogens is 3. The fraction of sp³-hybridized carbons (Fsp3) is 0.300. The van der Waals surface area contributed by atoms with Crippen LogP contribution in [0.4, 0.5) is 18.9 Å². The van der Waals surface area contributed by atoms with Gasteiger partial charge in [-0.15, -0.1) is 0 Å². The van der Waals surface area contributed by atoms with Crippen LogP contribution in [0.1, 0.15) is 6.42 Å². The van der Waals surface area contributed by atoms with Gasteiger partial charge in [0.1, 0.15) is 0 Å². The van der Waals surface area contributed by atoms with Gasteiger partial charge in [0, 0.05) is 18.2 Å². The van der Waals surface area contributed by atoms with Crippen LogP contribution in [-0.4, -0.2) is 17.7 Å². The SMILES string of the molecule is O=C1CC(S)CN1c1ccc(F)c(F)c1F. The van der Waals surface area contributed by atoms with E-state index in [1.165, 1.54) is 0 Å². The van der Waals surface area contributed by atoms with E-state index in [-0.39, 0.29) is 29.8 Å². The van der Waals surface area contributed by atoms with E-state index in [9.17, 15) is 18.0 Å². The van der Waals surface area contributed by atoms with E-state index < -0.39 is 17.5 Å². The fourth-order valence-corrected chi connectivity index (χ4v) is 1.97. The maximum absolute atomic E-state index is 13.4.